The monoisotopic (exact) mass is 334 g/mol. The van der Waals surface area contributed by atoms with Gasteiger partial charge in [0, 0.05) is 16.6 Å². The molecule has 0 aliphatic carbocycles. The van der Waals surface area contributed by atoms with Crippen LogP contribution < -0.4 is 15.2 Å². The van der Waals surface area contributed by atoms with Crippen molar-refractivity contribution in [1.29, 1.82) is 0 Å². The van der Waals surface area contributed by atoms with Crippen molar-refractivity contribution in [3.8, 4) is 5.75 Å². The van der Waals surface area contributed by atoms with E-state index >= 15 is 0 Å². The van der Waals surface area contributed by atoms with Gasteiger partial charge in [-0.2, -0.15) is 0 Å². The van der Waals surface area contributed by atoms with Gasteiger partial charge in [0.25, 0.3) is 5.91 Å². The lowest BCUT2D eigenvalue weighted by molar-refractivity contribution is -0.255. The number of carboxylic acids is 1. The summed E-state index contributed by atoms with van der Waals surface area (Å²) in [6.07, 6.45) is 0. The molecule has 0 aliphatic rings. The summed E-state index contributed by atoms with van der Waals surface area (Å²) in [5.74, 6) is -1.03. The Balaban J connectivity index is 1.71. The highest BCUT2D eigenvalue weighted by atomic mass is 16.5. The van der Waals surface area contributed by atoms with Crippen LogP contribution in [0.25, 0.3) is 10.8 Å². The minimum Gasteiger partial charge on any atom is -0.545 e. The zero-order valence-electron chi connectivity index (χ0n) is 13.6. The molecule has 126 valence electrons. The Bertz CT molecular complexity index is 944. The van der Waals surface area contributed by atoms with Gasteiger partial charge in [-0.15, -0.1) is 0 Å². The van der Waals surface area contributed by atoms with E-state index in [4.69, 9.17) is 4.74 Å². The number of anilines is 1. The van der Waals surface area contributed by atoms with Crippen molar-refractivity contribution in [1.82, 2.24) is 0 Å². The number of amides is 1. The number of carboxylic acid groups (broad SMARTS) is 1. The zero-order chi connectivity index (χ0) is 17.8. The number of carbonyl (C=O) groups excluding carboxylic acids is 2. The molecule has 5 heteroatoms. The van der Waals surface area contributed by atoms with Gasteiger partial charge >= 0.3 is 0 Å². The van der Waals surface area contributed by atoms with Gasteiger partial charge in [0.1, 0.15) is 5.75 Å². The summed E-state index contributed by atoms with van der Waals surface area (Å²) in [7, 11) is 0. The summed E-state index contributed by atoms with van der Waals surface area (Å²) < 4.78 is 5.63. The number of hydrogen-bond donors (Lipinski definition) is 1. The van der Waals surface area contributed by atoms with Gasteiger partial charge in [-0.1, -0.05) is 48.5 Å². The average molecular weight is 334 g/mol. The van der Waals surface area contributed by atoms with Crippen LogP contribution in [0.5, 0.6) is 5.75 Å². The molecule has 0 aliphatic heterocycles. The molecule has 0 radical (unpaired) electrons. The fourth-order valence-electron chi connectivity index (χ4n) is 2.64. The lowest BCUT2D eigenvalue weighted by Crippen LogP contribution is -2.25. The highest BCUT2D eigenvalue weighted by molar-refractivity contribution is 5.96. The fourth-order valence-corrected chi connectivity index (χ4v) is 2.64. The quantitative estimate of drug-likeness (QED) is 0.778. The fraction of sp³-hybridized carbons (Fsp3) is 0.100. The van der Waals surface area contributed by atoms with E-state index in [1.807, 2.05) is 36.4 Å². The Morgan fingerprint density at radius 2 is 1.72 bits per heavy atom. The normalized spacial score (nSPS) is 10.4. The van der Waals surface area contributed by atoms with Crippen LogP contribution in [0.15, 0.2) is 60.7 Å². The van der Waals surface area contributed by atoms with E-state index in [2.05, 4.69) is 5.32 Å². The highest BCUT2D eigenvalue weighted by Gasteiger charge is 2.10. The van der Waals surface area contributed by atoms with Crippen molar-refractivity contribution in [2.75, 3.05) is 11.9 Å². The van der Waals surface area contributed by atoms with Gasteiger partial charge in [0.2, 0.25) is 0 Å². The minimum absolute atomic E-state index is 0.0489. The molecule has 0 saturated heterocycles. The maximum absolute atomic E-state index is 12.2. The van der Waals surface area contributed by atoms with E-state index in [-0.39, 0.29) is 18.1 Å². The largest absolute Gasteiger partial charge is 0.545 e. The molecule has 3 rings (SSSR count). The van der Waals surface area contributed by atoms with Crippen LogP contribution in [0, 0.1) is 6.92 Å². The first-order chi connectivity index (χ1) is 12.1. The number of fused-ring (bicyclic) bond motifs is 1. The van der Waals surface area contributed by atoms with Crippen molar-refractivity contribution in [3.63, 3.8) is 0 Å². The van der Waals surface area contributed by atoms with Gasteiger partial charge in [0.15, 0.2) is 6.61 Å². The average Bonchev–Trinajstić information content (AvgIpc) is 2.61. The minimum atomic E-state index is -1.28. The lowest BCUT2D eigenvalue weighted by atomic mass is 10.1. The predicted octanol–water partition coefficient (Wildman–Crippen LogP) is 2.53. The number of carbonyl (C=O) groups is 2. The maximum atomic E-state index is 12.2. The molecule has 0 heterocycles. The van der Waals surface area contributed by atoms with Gasteiger partial charge < -0.3 is 20.0 Å². The first kappa shape index (κ1) is 16.5. The number of rotatable bonds is 5. The molecule has 1 amide bonds. The van der Waals surface area contributed by atoms with Gasteiger partial charge in [0.05, 0.1) is 5.97 Å². The standard InChI is InChI=1S/C20H17NO4/c1-13-15(20(23)24)9-5-10-17(13)21-19(22)12-25-18-11-4-7-14-6-2-3-8-16(14)18/h2-11H,12H2,1H3,(H,21,22)(H,23,24)/p-1. The predicted molar refractivity (Wildman–Crippen MR) is 93.6 cm³/mol. The molecule has 1 N–H and O–H groups in total. The van der Waals surface area contributed by atoms with E-state index in [0.29, 0.717) is 17.0 Å². The Morgan fingerprint density at radius 3 is 2.52 bits per heavy atom. The van der Waals surface area contributed by atoms with Crippen LogP contribution in [-0.4, -0.2) is 18.5 Å². The number of hydrogen-bond acceptors (Lipinski definition) is 4. The molecule has 5 nitrogen and oxygen atoms in total. The van der Waals surface area contributed by atoms with Gasteiger partial charge in [-0.05, 0) is 30.0 Å². The summed E-state index contributed by atoms with van der Waals surface area (Å²) in [4.78, 5) is 23.2. The Labute approximate surface area is 144 Å². The molecule has 0 bridgehead atoms. The Kier molecular flexibility index (Phi) is 4.66. The molecular formula is C20H16NO4-. The summed E-state index contributed by atoms with van der Waals surface area (Å²) in [6.45, 7) is 1.44. The SMILES string of the molecule is Cc1c(NC(=O)COc2cccc3ccccc23)cccc1C(=O)[O-]. The van der Waals surface area contributed by atoms with E-state index < -0.39 is 5.97 Å². The van der Waals surface area contributed by atoms with Gasteiger partial charge in [-0.25, -0.2) is 0 Å². The molecule has 0 unspecified atom stereocenters. The first-order valence-electron chi connectivity index (χ1n) is 7.77. The van der Waals surface area contributed by atoms with E-state index in [1.165, 1.54) is 6.07 Å². The second-order valence-corrected chi connectivity index (χ2v) is 5.58. The molecular weight excluding hydrogens is 318 g/mol. The topological polar surface area (TPSA) is 78.5 Å². The smallest absolute Gasteiger partial charge is 0.262 e. The van der Waals surface area contributed by atoms with Gasteiger partial charge in [-0.3, -0.25) is 4.79 Å². The number of benzene rings is 3. The highest BCUT2D eigenvalue weighted by Crippen LogP contribution is 2.25. The molecule has 0 saturated carbocycles. The molecule has 3 aromatic rings. The third-order valence-electron chi connectivity index (χ3n) is 3.94. The van der Waals surface area contributed by atoms with E-state index in [0.717, 1.165) is 10.8 Å². The maximum Gasteiger partial charge on any atom is 0.262 e. The summed E-state index contributed by atoms with van der Waals surface area (Å²) in [5.41, 5.74) is 0.919. The second-order valence-electron chi connectivity index (χ2n) is 5.58. The molecule has 0 atom stereocenters. The third-order valence-corrected chi connectivity index (χ3v) is 3.94. The summed E-state index contributed by atoms with van der Waals surface area (Å²) in [5, 5.41) is 15.7. The van der Waals surface area contributed by atoms with Crippen molar-refractivity contribution in [2.24, 2.45) is 0 Å². The van der Waals surface area contributed by atoms with Crippen LogP contribution in [0.1, 0.15) is 15.9 Å². The Hall–Kier alpha value is -3.34. The molecule has 25 heavy (non-hydrogen) atoms. The van der Waals surface area contributed by atoms with E-state index in [9.17, 15) is 14.7 Å². The Morgan fingerprint density at radius 1 is 1.00 bits per heavy atom. The van der Waals surface area contributed by atoms with Crippen molar-refractivity contribution in [3.05, 3.63) is 71.8 Å². The lowest BCUT2D eigenvalue weighted by Gasteiger charge is -2.14. The number of nitrogens with one attached hydrogen (secondary N) is 1. The summed E-state index contributed by atoms with van der Waals surface area (Å²) >= 11 is 0. The molecule has 0 spiro atoms. The van der Waals surface area contributed by atoms with Crippen molar-refractivity contribution in [2.45, 2.75) is 6.92 Å². The first-order valence-corrected chi connectivity index (χ1v) is 7.77. The van der Waals surface area contributed by atoms with Crippen LogP contribution in [0.2, 0.25) is 0 Å². The molecule has 0 fully saturated rings. The van der Waals surface area contributed by atoms with Crippen molar-refractivity contribution >= 4 is 28.3 Å². The molecule has 3 aromatic carbocycles. The van der Waals surface area contributed by atoms with Crippen LogP contribution in [0.3, 0.4) is 0 Å². The molecule has 0 aromatic heterocycles. The number of ether oxygens (including phenoxy) is 1. The van der Waals surface area contributed by atoms with Crippen LogP contribution in [0.4, 0.5) is 5.69 Å². The van der Waals surface area contributed by atoms with E-state index in [1.54, 1.807) is 25.1 Å². The zero-order valence-corrected chi connectivity index (χ0v) is 13.6. The van der Waals surface area contributed by atoms with Crippen LogP contribution >= 0.6 is 0 Å². The third kappa shape index (κ3) is 3.61. The van der Waals surface area contributed by atoms with Crippen LogP contribution in [-0.2, 0) is 4.79 Å². The number of aromatic carboxylic acids is 1. The van der Waals surface area contributed by atoms with Crippen molar-refractivity contribution < 1.29 is 19.4 Å². The second kappa shape index (κ2) is 7.05. The summed E-state index contributed by atoms with van der Waals surface area (Å²) in [6, 6.07) is 18.0.